The molecule has 2 saturated carbocycles. The Morgan fingerprint density at radius 2 is 1.94 bits per heavy atom. The molecule has 6 heteroatoms. The Balaban J connectivity index is 1.78. The first-order valence-corrected chi connectivity index (χ1v) is 11.3. The van der Waals surface area contributed by atoms with Crippen molar-refractivity contribution in [3.05, 3.63) is 51.3 Å². The molecule has 0 N–H and O–H groups in total. The van der Waals surface area contributed by atoms with Gasteiger partial charge in [-0.25, -0.2) is 13.6 Å². The van der Waals surface area contributed by atoms with Gasteiger partial charge in [0.1, 0.15) is 5.56 Å². The van der Waals surface area contributed by atoms with E-state index in [9.17, 15) is 18.4 Å². The van der Waals surface area contributed by atoms with Gasteiger partial charge >= 0.3 is 5.97 Å². The summed E-state index contributed by atoms with van der Waals surface area (Å²) >= 11 is 0. The summed E-state index contributed by atoms with van der Waals surface area (Å²) in [6.45, 7) is 3.99. The van der Waals surface area contributed by atoms with Crippen molar-refractivity contribution in [3.63, 3.8) is 0 Å². The molecule has 0 spiro atoms. The summed E-state index contributed by atoms with van der Waals surface area (Å²) in [5.74, 6) is -1.47. The number of allylic oxidation sites excluding steroid dienone is 1. The van der Waals surface area contributed by atoms with Gasteiger partial charge in [-0.1, -0.05) is 31.9 Å². The van der Waals surface area contributed by atoms with Gasteiger partial charge in [-0.3, -0.25) is 4.79 Å². The molecule has 0 bridgehead atoms. The first-order valence-electron chi connectivity index (χ1n) is 11.3. The number of hydrogen-bond donors (Lipinski definition) is 0. The van der Waals surface area contributed by atoms with Crippen molar-refractivity contribution in [1.82, 2.24) is 4.57 Å². The lowest BCUT2D eigenvalue weighted by molar-refractivity contribution is 0.0524. The summed E-state index contributed by atoms with van der Waals surface area (Å²) in [6, 6.07) is 0.975. The lowest BCUT2D eigenvalue weighted by Gasteiger charge is -2.16. The fourth-order valence-electron chi connectivity index (χ4n) is 4.78. The lowest BCUT2D eigenvalue weighted by atomic mass is 9.99. The number of nitrogens with zero attached hydrogens (tertiary/aromatic N) is 1. The van der Waals surface area contributed by atoms with Gasteiger partial charge in [-0.15, -0.1) is 0 Å². The molecule has 0 aliphatic heterocycles. The number of carbonyl (C=O) groups excluding carboxylic acids is 1. The lowest BCUT2D eigenvalue weighted by Crippen LogP contribution is -2.21. The summed E-state index contributed by atoms with van der Waals surface area (Å²) < 4.78 is 36.1. The number of hydrogen-bond acceptors (Lipinski definition) is 3. The summed E-state index contributed by atoms with van der Waals surface area (Å²) in [5.41, 5.74) is -0.327. The SMILES string of the molecule is CCOC(=O)c1cn(C2CC2)c2c(/C=C\CC3CC[C@H](CC)C3)c(F)c(F)cc2c1=O. The van der Waals surface area contributed by atoms with Crippen molar-refractivity contribution in [2.24, 2.45) is 11.8 Å². The summed E-state index contributed by atoms with van der Waals surface area (Å²) in [7, 11) is 0. The van der Waals surface area contributed by atoms with E-state index in [0.717, 1.165) is 37.7 Å². The van der Waals surface area contributed by atoms with Gasteiger partial charge in [0.25, 0.3) is 0 Å². The summed E-state index contributed by atoms with van der Waals surface area (Å²) in [4.78, 5) is 25.3. The molecular weight excluding hydrogens is 400 g/mol. The molecule has 166 valence electrons. The fraction of sp³-hybridized carbons (Fsp3) is 0.520. The number of fused-ring (bicyclic) bond motifs is 1. The summed E-state index contributed by atoms with van der Waals surface area (Å²) in [5, 5.41) is 0.0166. The van der Waals surface area contributed by atoms with Crippen molar-refractivity contribution in [1.29, 1.82) is 0 Å². The number of ether oxygens (including phenoxy) is 1. The Hall–Kier alpha value is -2.50. The molecule has 0 amide bonds. The molecule has 1 aromatic carbocycles. The predicted molar refractivity (Wildman–Crippen MR) is 117 cm³/mol. The number of aromatic nitrogens is 1. The average Bonchev–Trinajstić information content (AvgIpc) is 3.49. The minimum absolute atomic E-state index is 0.0166. The Morgan fingerprint density at radius 1 is 1.19 bits per heavy atom. The van der Waals surface area contributed by atoms with Gasteiger partial charge in [0, 0.05) is 17.8 Å². The first-order chi connectivity index (χ1) is 14.9. The Kier molecular flexibility index (Phi) is 6.26. The van der Waals surface area contributed by atoms with Crippen LogP contribution >= 0.6 is 0 Å². The van der Waals surface area contributed by atoms with Crippen LogP contribution in [0.4, 0.5) is 8.78 Å². The van der Waals surface area contributed by atoms with Crippen molar-refractivity contribution < 1.29 is 18.3 Å². The molecule has 1 aromatic heterocycles. The molecule has 2 aromatic rings. The molecule has 2 aliphatic carbocycles. The monoisotopic (exact) mass is 429 g/mol. The molecule has 4 rings (SSSR count). The van der Waals surface area contributed by atoms with Crippen LogP contribution in [0.15, 0.2) is 23.1 Å². The van der Waals surface area contributed by atoms with E-state index in [1.165, 1.54) is 25.5 Å². The van der Waals surface area contributed by atoms with E-state index in [2.05, 4.69) is 6.92 Å². The molecule has 1 unspecified atom stereocenters. The van der Waals surface area contributed by atoms with Crippen LogP contribution in [-0.4, -0.2) is 17.1 Å². The van der Waals surface area contributed by atoms with E-state index in [4.69, 9.17) is 4.74 Å². The zero-order valence-corrected chi connectivity index (χ0v) is 18.1. The number of pyridine rings is 1. The fourth-order valence-corrected chi connectivity index (χ4v) is 4.78. The molecule has 2 fully saturated rings. The van der Waals surface area contributed by atoms with Crippen LogP contribution < -0.4 is 5.43 Å². The van der Waals surface area contributed by atoms with Crippen LogP contribution in [0.2, 0.25) is 0 Å². The Labute approximate surface area is 180 Å². The highest BCUT2D eigenvalue weighted by molar-refractivity contribution is 5.96. The van der Waals surface area contributed by atoms with E-state index < -0.39 is 23.0 Å². The van der Waals surface area contributed by atoms with Crippen molar-refractivity contribution in [2.45, 2.75) is 64.8 Å². The van der Waals surface area contributed by atoms with E-state index in [1.54, 1.807) is 17.6 Å². The van der Waals surface area contributed by atoms with Crippen LogP contribution in [0, 0.1) is 23.5 Å². The van der Waals surface area contributed by atoms with Crippen molar-refractivity contribution in [3.8, 4) is 0 Å². The minimum Gasteiger partial charge on any atom is -0.462 e. The van der Waals surface area contributed by atoms with Gasteiger partial charge in [0.05, 0.1) is 17.5 Å². The maximum atomic E-state index is 14.9. The van der Waals surface area contributed by atoms with Gasteiger partial charge < -0.3 is 9.30 Å². The highest BCUT2D eigenvalue weighted by Gasteiger charge is 2.29. The zero-order chi connectivity index (χ0) is 22.1. The highest BCUT2D eigenvalue weighted by Crippen LogP contribution is 2.39. The smallest absolute Gasteiger partial charge is 0.343 e. The Morgan fingerprint density at radius 3 is 2.58 bits per heavy atom. The van der Waals surface area contributed by atoms with E-state index in [-0.39, 0.29) is 29.2 Å². The predicted octanol–water partition coefficient (Wildman–Crippen LogP) is 6.02. The second kappa shape index (κ2) is 8.93. The maximum absolute atomic E-state index is 14.9. The van der Waals surface area contributed by atoms with Crippen LogP contribution in [0.1, 0.15) is 80.8 Å². The van der Waals surface area contributed by atoms with Gasteiger partial charge in [0.15, 0.2) is 11.6 Å². The molecule has 2 aliphatic rings. The number of halogens is 2. The van der Waals surface area contributed by atoms with Crippen LogP contribution in [0.5, 0.6) is 0 Å². The topological polar surface area (TPSA) is 48.3 Å². The van der Waals surface area contributed by atoms with Crippen LogP contribution in [0.3, 0.4) is 0 Å². The normalized spacial score (nSPS) is 21.3. The number of carbonyl (C=O) groups is 1. The van der Waals surface area contributed by atoms with Crippen LogP contribution in [-0.2, 0) is 4.74 Å². The second-order valence-electron chi connectivity index (χ2n) is 8.80. The first kappa shape index (κ1) is 21.7. The highest BCUT2D eigenvalue weighted by atomic mass is 19.2. The Bertz CT molecular complexity index is 1080. The molecule has 0 saturated heterocycles. The average molecular weight is 430 g/mol. The number of benzene rings is 1. The molecular formula is C25H29F2NO3. The minimum atomic E-state index is -1.08. The third-order valence-corrected chi connectivity index (χ3v) is 6.66. The van der Waals surface area contributed by atoms with Gasteiger partial charge in [0.2, 0.25) is 5.43 Å². The largest absolute Gasteiger partial charge is 0.462 e. The van der Waals surface area contributed by atoms with E-state index in [1.807, 2.05) is 6.08 Å². The maximum Gasteiger partial charge on any atom is 0.343 e. The molecule has 31 heavy (non-hydrogen) atoms. The quantitative estimate of drug-likeness (QED) is 0.506. The second-order valence-corrected chi connectivity index (χ2v) is 8.80. The molecule has 0 radical (unpaired) electrons. The molecule has 2 atom stereocenters. The zero-order valence-electron chi connectivity index (χ0n) is 18.1. The number of rotatable bonds is 7. The summed E-state index contributed by atoms with van der Waals surface area (Å²) in [6.07, 6.45) is 12.2. The number of esters is 1. The van der Waals surface area contributed by atoms with Crippen molar-refractivity contribution >= 4 is 22.9 Å². The third-order valence-electron chi connectivity index (χ3n) is 6.66. The van der Waals surface area contributed by atoms with E-state index >= 15 is 0 Å². The molecule has 4 nitrogen and oxygen atoms in total. The van der Waals surface area contributed by atoms with Gasteiger partial charge in [-0.05, 0) is 56.9 Å². The van der Waals surface area contributed by atoms with Crippen LogP contribution in [0.25, 0.3) is 17.0 Å². The third kappa shape index (κ3) is 4.30. The van der Waals surface area contributed by atoms with Gasteiger partial charge in [-0.2, -0.15) is 0 Å². The standard InChI is InChI=1S/C25H29F2NO3/c1-3-15-8-9-16(12-15)6-5-7-18-22(27)21(26)13-19-23(18)28(17-10-11-17)14-20(24(19)29)25(30)31-4-2/h5,7,13-17H,3-4,6,8-12H2,1-2H3/b7-5-/t15-,16?/m0/s1. The van der Waals surface area contributed by atoms with Crippen molar-refractivity contribution in [2.75, 3.05) is 6.61 Å². The van der Waals surface area contributed by atoms with E-state index in [0.29, 0.717) is 11.4 Å². The molecule has 1 heterocycles.